The molecule has 35 heavy (non-hydrogen) atoms. The first-order chi connectivity index (χ1) is 16.8. The number of nitrogens with zero attached hydrogens (tertiary/aromatic N) is 2. The Kier molecular flexibility index (Phi) is 6.17. The van der Waals surface area contributed by atoms with Gasteiger partial charge in [0.1, 0.15) is 6.04 Å². The average Bonchev–Trinajstić information content (AvgIpc) is 3.18. The van der Waals surface area contributed by atoms with Gasteiger partial charge in [0.25, 0.3) is 0 Å². The smallest absolute Gasteiger partial charge is 0.244 e. The van der Waals surface area contributed by atoms with Crippen molar-refractivity contribution in [3.8, 4) is 0 Å². The number of benzene rings is 3. The zero-order chi connectivity index (χ0) is 24.6. The van der Waals surface area contributed by atoms with E-state index in [4.69, 9.17) is 0 Å². The number of rotatable bonds is 6. The number of hydrogen-bond acceptors (Lipinski definition) is 4. The second kappa shape index (κ2) is 9.28. The average molecular weight is 490 g/mol. The van der Waals surface area contributed by atoms with Gasteiger partial charge in [0, 0.05) is 25.3 Å². The topological polar surface area (TPSA) is 86.8 Å². The van der Waals surface area contributed by atoms with Gasteiger partial charge in [-0.25, -0.2) is 8.42 Å². The van der Waals surface area contributed by atoms with Crippen LogP contribution in [0.25, 0.3) is 0 Å². The number of amides is 2. The van der Waals surface area contributed by atoms with E-state index >= 15 is 0 Å². The third-order valence-corrected chi connectivity index (χ3v) is 8.56. The highest BCUT2D eigenvalue weighted by atomic mass is 32.2. The molecule has 7 nitrogen and oxygen atoms in total. The van der Waals surface area contributed by atoms with Crippen LogP contribution >= 0.6 is 0 Å². The maximum atomic E-state index is 13.6. The van der Waals surface area contributed by atoms with E-state index in [2.05, 4.69) is 5.32 Å². The molecule has 5 rings (SSSR count). The number of carbonyl (C=O) groups is 2. The maximum absolute atomic E-state index is 13.6. The summed E-state index contributed by atoms with van der Waals surface area (Å²) in [6.45, 7) is 2.58. The molecule has 2 amide bonds. The molecular formula is C27H27N3O4S. The van der Waals surface area contributed by atoms with Gasteiger partial charge in [0.2, 0.25) is 21.8 Å². The summed E-state index contributed by atoms with van der Waals surface area (Å²) in [7, 11) is -3.90. The summed E-state index contributed by atoms with van der Waals surface area (Å²) in [5.74, 6) is -0.370. The third-order valence-electron chi connectivity index (χ3n) is 6.70. The van der Waals surface area contributed by atoms with Gasteiger partial charge >= 0.3 is 0 Å². The van der Waals surface area contributed by atoms with Crippen LogP contribution in [0.15, 0.2) is 77.7 Å². The molecule has 1 N–H and O–H groups in total. The van der Waals surface area contributed by atoms with Gasteiger partial charge in [-0.1, -0.05) is 60.2 Å². The summed E-state index contributed by atoms with van der Waals surface area (Å²) in [5.41, 5.74) is 4.66. The van der Waals surface area contributed by atoms with Crippen molar-refractivity contribution in [3.63, 3.8) is 0 Å². The predicted octanol–water partition coefficient (Wildman–Crippen LogP) is 2.82. The Labute approximate surface area is 205 Å². The standard InChI is InChI=1S/C27H27N3O4S/c1-19-10-12-23(13-11-19)35(33,34)30-18-22-8-3-2-6-20(22)16-25(30)27(32)28-14-15-29-24-9-5-4-7-21(24)17-26(29)31/h2-13,25H,14-18H2,1H3,(H,28,32)/t25-/m0/s1. The van der Waals surface area contributed by atoms with Crippen molar-refractivity contribution in [2.24, 2.45) is 0 Å². The van der Waals surface area contributed by atoms with Gasteiger partial charge in [-0.3, -0.25) is 9.59 Å². The van der Waals surface area contributed by atoms with Crippen molar-refractivity contribution >= 4 is 27.5 Å². The Morgan fingerprint density at radius 1 is 0.943 bits per heavy atom. The lowest BCUT2D eigenvalue weighted by molar-refractivity contribution is -0.125. The maximum Gasteiger partial charge on any atom is 0.244 e. The number of aryl methyl sites for hydroxylation is 1. The summed E-state index contributed by atoms with van der Waals surface area (Å²) in [4.78, 5) is 27.6. The van der Waals surface area contributed by atoms with Gasteiger partial charge in [0.05, 0.1) is 11.3 Å². The van der Waals surface area contributed by atoms with Crippen LogP contribution in [0.3, 0.4) is 0 Å². The van der Waals surface area contributed by atoms with Crippen molar-refractivity contribution < 1.29 is 18.0 Å². The largest absolute Gasteiger partial charge is 0.353 e. The molecule has 0 aromatic heterocycles. The van der Waals surface area contributed by atoms with Gasteiger partial charge in [-0.05, 0) is 48.2 Å². The first kappa shape index (κ1) is 23.3. The summed E-state index contributed by atoms with van der Waals surface area (Å²) in [6.07, 6.45) is 0.644. The lowest BCUT2D eigenvalue weighted by atomic mass is 9.95. The van der Waals surface area contributed by atoms with Crippen molar-refractivity contribution in [2.45, 2.75) is 37.2 Å². The van der Waals surface area contributed by atoms with Crippen molar-refractivity contribution in [1.29, 1.82) is 0 Å². The molecule has 0 fully saturated rings. The Morgan fingerprint density at radius 3 is 2.34 bits per heavy atom. The van der Waals surface area contributed by atoms with E-state index in [9.17, 15) is 18.0 Å². The van der Waals surface area contributed by atoms with Crippen LogP contribution in [-0.4, -0.2) is 43.7 Å². The molecular weight excluding hydrogens is 462 g/mol. The van der Waals surface area contributed by atoms with Crippen molar-refractivity contribution in [3.05, 3.63) is 95.1 Å². The highest BCUT2D eigenvalue weighted by Gasteiger charge is 2.39. The SMILES string of the molecule is Cc1ccc(S(=O)(=O)N2Cc3ccccc3C[C@H]2C(=O)NCCN2C(=O)Cc3ccccc32)cc1. The molecule has 3 aromatic carbocycles. The summed E-state index contributed by atoms with van der Waals surface area (Å²) in [5, 5.41) is 2.89. The molecule has 0 aliphatic carbocycles. The first-order valence-electron chi connectivity index (χ1n) is 11.7. The number of fused-ring (bicyclic) bond motifs is 2. The van der Waals surface area contributed by atoms with E-state index in [1.807, 2.05) is 55.5 Å². The van der Waals surface area contributed by atoms with Crippen LogP contribution in [0.2, 0.25) is 0 Å². The van der Waals surface area contributed by atoms with Gasteiger partial charge in [-0.2, -0.15) is 4.31 Å². The van der Waals surface area contributed by atoms with Gasteiger partial charge in [0.15, 0.2) is 0 Å². The quantitative estimate of drug-likeness (QED) is 0.577. The number of hydrogen-bond donors (Lipinski definition) is 1. The normalized spacial score (nSPS) is 17.7. The van der Waals surface area contributed by atoms with Crippen LogP contribution in [0.4, 0.5) is 5.69 Å². The third kappa shape index (κ3) is 4.47. The molecule has 0 spiro atoms. The summed E-state index contributed by atoms with van der Waals surface area (Å²) < 4.78 is 28.5. The lowest BCUT2D eigenvalue weighted by Gasteiger charge is -2.35. The summed E-state index contributed by atoms with van der Waals surface area (Å²) in [6, 6.07) is 21.0. The monoisotopic (exact) mass is 489 g/mol. The molecule has 180 valence electrons. The molecule has 2 heterocycles. The number of para-hydroxylation sites is 1. The molecule has 2 aliphatic heterocycles. The molecule has 0 bridgehead atoms. The highest BCUT2D eigenvalue weighted by molar-refractivity contribution is 7.89. The van der Waals surface area contributed by atoms with Gasteiger partial charge < -0.3 is 10.2 Å². The molecule has 0 saturated carbocycles. The van der Waals surface area contributed by atoms with Crippen LogP contribution in [-0.2, 0) is 39.0 Å². The molecule has 0 radical (unpaired) electrons. The zero-order valence-electron chi connectivity index (χ0n) is 19.5. The van der Waals surface area contributed by atoms with Crippen LogP contribution in [0.5, 0.6) is 0 Å². The van der Waals surface area contributed by atoms with Gasteiger partial charge in [-0.15, -0.1) is 0 Å². The molecule has 2 aliphatic rings. The fourth-order valence-corrected chi connectivity index (χ4v) is 6.36. The molecule has 8 heteroatoms. The second-order valence-corrected chi connectivity index (χ2v) is 10.9. The Morgan fingerprint density at radius 2 is 1.60 bits per heavy atom. The lowest BCUT2D eigenvalue weighted by Crippen LogP contribution is -2.53. The van der Waals surface area contributed by atoms with E-state index in [-0.39, 0.29) is 29.8 Å². The first-order valence-corrected chi connectivity index (χ1v) is 13.1. The fourth-order valence-electron chi connectivity index (χ4n) is 4.79. The Bertz CT molecular complexity index is 1390. The summed E-state index contributed by atoms with van der Waals surface area (Å²) >= 11 is 0. The predicted molar refractivity (Wildman–Crippen MR) is 133 cm³/mol. The number of nitrogens with one attached hydrogen (secondary N) is 1. The molecule has 0 unspecified atom stereocenters. The Hall–Kier alpha value is -3.49. The minimum absolute atomic E-state index is 0.00406. The van der Waals surface area contributed by atoms with Crippen LogP contribution in [0.1, 0.15) is 22.3 Å². The van der Waals surface area contributed by atoms with E-state index in [1.165, 1.54) is 4.31 Å². The van der Waals surface area contributed by atoms with Crippen LogP contribution in [0, 0.1) is 6.92 Å². The second-order valence-electron chi connectivity index (χ2n) is 8.99. The zero-order valence-corrected chi connectivity index (χ0v) is 20.3. The van der Waals surface area contributed by atoms with Crippen molar-refractivity contribution in [1.82, 2.24) is 9.62 Å². The number of anilines is 1. The molecule has 3 aromatic rings. The fraction of sp³-hybridized carbons (Fsp3) is 0.259. The Balaban J connectivity index is 1.35. The van der Waals surface area contributed by atoms with E-state index in [1.54, 1.807) is 29.2 Å². The highest BCUT2D eigenvalue weighted by Crippen LogP contribution is 2.30. The minimum atomic E-state index is -3.90. The molecule has 1 atom stereocenters. The van der Waals surface area contributed by atoms with Crippen molar-refractivity contribution in [2.75, 3.05) is 18.0 Å². The number of carbonyl (C=O) groups excluding carboxylic acids is 2. The van der Waals surface area contributed by atoms with E-state index in [0.29, 0.717) is 19.4 Å². The minimum Gasteiger partial charge on any atom is -0.353 e. The number of sulfonamides is 1. The van der Waals surface area contributed by atoms with E-state index in [0.717, 1.165) is 27.9 Å². The van der Waals surface area contributed by atoms with Crippen LogP contribution < -0.4 is 10.2 Å². The van der Waals surface area contributed by atoms with E-state index < -0.39 is 16.1 Å². The molecule has 0 saturated heterocycles.